The molecule has 0 unspecified atom stereocenters. The van der Waals surface area contributed by atoms with Crippen LogP contribution < -0.4 is 0 Å². The van der Waals surface area contributed by atoms with Crippen molar-refractivity contribution in [3.8, 4) is 0 Å². The van der Waals surface area contributed by atoms with E-state index in [0.717, 1.165) is 109 Å². The van der Waals surface area contributed by atoms with Crippen LogP contribution in [0.5, 0.6) is 0 Å². The Morgan fingerprint density at radius 3 is 1.13 bits per heavy atom. The van der Waals surface area contributed by atoms with Crippen molar-refractivity contribution in [2.75, 3.05) is 66.9 Å². The Balaban J connectivity index is 5.13. The molecule has 0 spiro atoms. The van der Waals surface area contributed by atoms with Crippen LogP contribution >= 0.6 is 0 Å². The largest absolute Gasteiger partial charge is 0.508 e. The molecule has 12 nitrogen and oxygen atoms in total. The summed E-state index contributed by atoms with van der Waals surface area (Å²) in [5.74, 6) is -0.780. The van der Waals surface area contributed by atoms with Crippen LogP contribution in [0.1, 0.15) is 175 Å². The predicted molar refractivity (Wildman–Crippen MR) is 254 cm³/mol. The number of esters is 2. The van der Waals surface area contributed by atoms with Gasteiger partial charge in [-0.2, -0.15) is 0 Å². The van der Waals surface area contributed by atoms with Crippen molar-refractivity contribution >= 4 is 18.1 Å². The highest BCUT2D eigenvalue weighted by atomic mass is 16.7. The summed E-state index contributed by atoms with van der Waals surface area (Å²) >= 11 is 0. The number of nitrogens with zero attached hydrogens (tertiary/aromatic N) is 1. The Hall–Kier alpha value is -3.03. The Labute approximate surface area is 383 Å². The Morgan fingerprint density at radius 2 is 0.794 bits per heavy atom. The summed E-state index contributed by atoms with van der Waals surface area (Å²) in [4.78, 5) is 40.3. The van der Waals surface area contributed by atoms with Gasteiger partial charge in [-0.15, -0.1) is 0 Å². The van der Waals surface area contributed by atoms with Gasteiger partial charge in [-0.3, -0.25) is 9.59 Å². The van der Waals surface area contributed by atoms with E-state index in [2.05, 4.69) is 76.3 Å². The normalized spacial score (nSPS) is 12.2. The lowest BCUT2D eigenvalue weighted by Gasteiger charge is -2.20. The van der Waals surface area contributed by atoms with E-state index in [4.69, 9.17) is 37.9 Å². The third-order valence-corrected chi connectivity index (χ3v) is 9.69. The minimum Gasteiger partial charge on any atom is -0.466 e. The zero-order chi connectivity index (χ0) is 46.3. The average molecular weight is 894 g/mol. The van der Waals surface area contributed by atoms with Crippen molar-refractivity contribution in [2.24, 2.45) is 0 Å². The lowest BCUT2D eigenvalue weighted by atomic mass is 10.2. The molecule has 12 heteroatoms. The van der Waals surface area contributed by atoms with E-state index < -0.39 is 36.8 Å². The van der Waals surface area contributed by atoms with Gasteiger partial charge in [-0.05, 0) is 123 Å². The fourth-order valence-electron chi connectivity index (χ4n) is 6.08. The molecular weight excluding hydrogens is 803 g/mol. The molecule has 0 aromatic heterocycles. The molecular formula is C51H91NO11. The molecule has 0 bridgehead atoms. The highest BCUT2D eigenvalue weighted by Crippen LogP contribution is 2.14. The van der Waals surface area contributed by atoms with Gasteiger partial charge in [0.2, 0.25) is 0 Å². The number of rotatable bonds is 45. The molecule has 0 aliphatic rings. The minimum absolute atomic E-state index is 0.0223. The molecule has 0 fully saturated rings. The second-order valence-electron chi connectivity index (χ2n) is 15.9. The van der Waals surface area contributed by atoms with Crippen molar-refractivity contribution in [1.29, 1.82) is 0 Å². The smallest absolute Gasteiger partial charge is 0.466 e. The molecule has 0 heterocycles. The van der Waals surface area contributed by atoms with Crippen LogP contribution in [0.15, 0.2) is 48.6 Å². The summed E-state index contributed by atoms with van der Waals surface area (Å²) in [6.45, 7) is 11.8. The first kappa shape index (κ1) is 60.0. The first-order chi connectivity index (χ1) is 30.7. The second kappa shape index (κ2) is 46.9. The Kier molecular flexibility index (Phi) is 44.7. The molecule has 0 atom stereocenters. The maximum absolute atomic E-state index is 12.9. The number of ether oxygens (including phenoxy) is 8. The van der Waals surface area contributed by atoms with E-state index >= 15 is 0 Å². The van der Waals surface area contributed by atoms with Crippen molar-refractivity contribution in [3.05, 3.63) is 48.6 Å². The van der Waals surface area contributed by atoms with Crippen molar-refractivity contribution in [3.63, 3.8) is 0 Å². The molecule has 366 valence electrons. The lowest BCUT2D eigenvalue weighted by Crippen LogP contribution is -2.25. The molecule has 0 radical (unpaired) electrons. The molecule has 0 aliphatic heterocycles. The topological polar surface area (TPSA) is 128 Å². The number of carbonyl (C=O) groups excluding carboxylic acids is 3. The highest BCUT2D eigenvalue weighted by Gasteiger charge is 2.20. The van der Waals surface area contributed by atoms with Crippen LogP contribution in [0.2, 0.25) is 0 Å². The van der Waals surface area contributed by atoms with Crippen LogP contribution in [0.3, 0.4) is 0 Å². The fraction of sp³-hybridized carbons (Fsp3) is 0.784. The van der Waals surface area contributed by atoms with Crippen LogP contribution in [-0.4, -0.2) is 109 Å². The van der Waals surface area contributed by atoms with Gasteiger partial charge in [-0.1, -0.05) is 76.3 Å². The van der Waals surface area contributed by atoms with Gasteiger partial charge in [0, 0.05) is 58.7 Å². The van der Waals surface area contributed by atoms with Crippen LogP contribution in [-0.2, 0) is 47.5 Å². The number of unbranched alkanes of at least 4 members (excludes halogenated alkanes) is 8. The third kappa shape index (κ3) is 44.0. The summed E-state index contributed by atoms with van der Waals surface area (Å²) in [5.41, 5.74) is 0. The number of hydrogen-bond acceptors (Lipinski definition) is 12. The lowest BCUT2D eigenvalue weighted by molar-refractivity contribution is -0.160. The van der Waals surface area contributed by atoms with Gasteiger partial charge in [0.05, 0.1) is 32.7 Å². The third-order valence-electron chi connectivity index (χ3n) is 9.69. The second-order valence-corrected chi connectivity index (χ2v) is 15.9. The van der Waals surface area contributed by atoms with Crippen LogP contribution in [0, 0.1) is 0 Å². The predicted octanol–water partition coefficient (Wildman–Crippen LogP) is 12.2. The maximum Gasteiger partial charge on any atom is 0.508 e. The molecule has 0 saturated carbocycles. The molecule has 0 rings (SSSR count). The van der Waals surface area contributed by atoms with Gasteiger partial charge >= 0.3 is 18.1 Å². The average Bonchev–Trinajstić information content (AvgIpc) is 3.26. The van der Waals surface area contributed by atoms with Gasteiger partial charge < -0.3 is 42.8 Å². The number of carbonyl (C=O) groups is 3. The summed E-state index contributed by atoms with van der Waals surface area (Å²) in [6.07, 6.45) is 33.1. The van der Waals surface area contributed by atoms with E-state index in [1.807, 2.05) is 19.0 Å². The molecule has 63 heavy (non-hydrogen) atoms. The Morgan fingerprint density at radius 1 is 0.429 bits per heavy atom. The maximum atomic E-state index is 12.9. The van der Waals surface area contributed by atoms with Gasteiger partial charge in [0.1, 0.15) is 6.10 Å². The van der Waals surface area contributed by atoms with E-state index in [1.54, 1.807) is 0 Å². The molecule has 0 aromatic carbocycles. The SMILES string of the molecule is CC/C=C\CCCCOC(CCC(=O)OCCC(CCOC(=O)CCC(OCCCC/C=C\CC)OCCCC/C=C\CC)OC(=O)OCCCN(C)C)OCCCC/C=C\CC. The zero-order valence-corrected chi connectivity index (χ0v) is 40.7. The molecule has 0 aromatic rings. The van der Waals surface area contributed by atoms with Crippen LogP contribution in [0.25, 0.3) is 0 Å². The fourth-order valence-corrected chi connectivity index (χ4v) is 6.08. The van der Waals surface area contributed by atoms with E-state index in [1.165, 1.54) is 0 Å². The summed E-state index contributed by atoms with van der Waals surface area (Å²) < 4.78 is 46.2. The van der Waals surface area contributed by atoms with Crippen LogP contribution in [0.4, 0.5) is 4.79 Å². The summed E-state index contributed by atoms with van der Waals surface area (Å²) in [7, 11) is 3.90. The molecule has 0 amide bonds. The zero-order valence-electron chi connectivity index (χ0n) is 40.7. The molecule has 0 saturated heterocycles. The minimum atomic E-state index is -0.809. The van der Waals surface area contributed by atoms with E-state index in [0.29, 0.717) is 45.7 Å². The molecule has 0 aliphatic carbocycles. The summed E-state index contributed by atoms with van der Waals surface area (Å²) in [6, 6.07) is 0. The quantitative estimate of drug-likeness (QED) is 0.0190. The van der Waals surface area contributed by atoms with Gasteiger partial charge in [0.25, 0.3) is 0 Å². The van der Waals surface area contributed by atoms with E-state index in [9.17, 15) is 14.4 Å². The number of allylic oxidation sites excluding steroid dienone is 8. The Bertz CT molecular complexity index is 1050. The van der Waals surface area contributed by atoms with Crippen molar-refractivity contribution in [1.82, 2.24) is 4.90 Å². The first-order valence-corrected chi connectivity index (χ1v) is 24.6. The van der Waals surface area contributed by atoms with Crippen molar-refractivity contribution < 1.29 is 52.3 Å². The molecule has 0 N–H and O–H groups in total. The highest BCUT2D eigenvalue weighted by molar-refractivity contribution is 5.69. The van der Waals surface area contributed by atoms with Gasteiger partial charge in [0.15, 0.2) is 12.6 Å². The standard InChI is InChI=1S/C51H91NO11/c1-7-11-15-19-23-27-39-58-49(59-40-28-24-20-16-12-8-2)34-32-47(53)56-44-36-46(63-51(55)62-43-31-38-52(5)6)37-45-57-48(54)33-35-50(60-41-29-25-21-17-13-9-3)61-42-30-26-22-18-14-10-4/h11-18,46,49-50H,7-10,19-45H2,1-6H3/b15-11-,16-12-,17-13-,18-14-. The monoisotopic (exact) mass is 894 g/mol. The summed E-state index contributed by atoms with van der Waals surface area (Å²) in [5, 5.41) is 0. The van der Waals surface area contributed by atoms with Gasteiger partial charge in [-0.25, -0.2) is 4.79 Å². The van der Waals surface area contributed by atoms with E-state index in [-0.39, 0.29) is 45.5 Å². The van der Waals surface area contributed by atoms with Crippen molar-refractivity contribution in [2.45, 2.75) is 194 Å². The number of hydrogen-bond donors (Lipinski definition) is 0. The first-order valence-electron chi connectivity index (χ1n) is 24.6.